The molecule has 0 saturated heterocycles. The zero-order valence-electron chi connectivity index (χ0n) is 25.4. The van der Waals surface area contributed by atoms with Crippen molar-refractivity contribution >= 4 is 5.78 Å². The minimum atomic E-state index is -1.70. The van der Waals surface area contributed by atoms with Crippen LogP contribution in [-0.2, 0) is 16.0 Å². The highest BCUT2D eigenvalue weighted by molar-refractivity contribution is 5.89. The molecule has 0 aliphatic heterocycles. The predicted molar refractivity (Wildman–Crippen MR) is 167 cm³/mol. The zero-order chi connectivity index (χ0) is 31.2. The number of rotatable bonds is 11. The third kappa shape index (κ3) is 4.79. The van der Waals surface area contributed by atoms with Gasteiger partial charge < -0.3 is 30.5 Å². The van der Waals surface area contributed by atoms with Crippen molar-refractivity contribution in [2.45, 2.75) is 44.8 Å². The fourth-order valence-electron chi connectivity index (χ4n) is 7.98. The molecule has 0 radical (unpaired) electrons. The molecule has 5 atom stereocenters. The first kappa shape index (κ1) is 31.0. The van der Waals surface area contributed by atoms with Gasteiger partial charge in [0, 0.05) is 49.5 Å². The van der Waals surface area contributed by atoms with E-state index in [1.165, 1.54) is 7.11 Å². The Morgan fingerprint density at radius 1 is 1.07 bits per heavy atom. The standard InChI is InChI=1S/C36H43NO6/c1-22-33-27(21-38)19-35(34(22,2)3,36(33,42)43-5)32(41)16-9-23-7-6-8-25(17-23)26-12-15-29(31(40)18-26)30(20-37-4)24-10-13-28(39)14-11-24/h6-8,10-15,17-18,27,30,33,37-40,42H,1,9,16,19-21H2,2-5H3/t27-,30-,33-,35-,36+/m1/s1. The highest BCUT2D eigenvalue weighted by atomic mass is 16.6. The van der Waals surface area contributed by atoms with E-state index in [0.717, 1.165) is 33.4 Å². The van der Waals surface area contributed by atoms with E-state index in [1.807, 2.05) is 69.4 Å². The third-order valence-corrected chi connectivity index (χ3v) is 10.4. The van der Waals surface area contributed by atoms with Crippen molar-refractivity contribution < 1.29 is 30.0 Å². The summed E-state index contributed by atoms with van der Waals surface area (Å²) < 4.78 is 5.69. The number of Topliss-reactive ketones (excluding diaryl/α,β-unsaturated/α-hetero) is 1. The van der Waals surface area contributed by atoms with Gasteiger partial charge in [-0.3, -0.25) is 4.79 Å². The number of benzene rings is 3. The molecule has 3 aromatic rings. The first-order valence-corrected chi connectivity index (χ1v) is 14.9. The molecule has 43 heavy (non-hydrogen) atoms. The summed E-state index contributed by atoms with van der Waals surface area (Å²) in [5, 5.41) is 45.8. The van der Waals surface area contributed by atoms with Gasteiger partial charge >= 0.3 is 0 Å². The van der Waals surface area contributed by atoms with Crippen LogP contribution in [0.1, 0.15) is 49.3 Å². The first-order valence-electron chi connectivity index (χ1n) is 14.9. The average molecular weight is 586 g/mol. The van der Waals surface area contributed by atoms with E-state index in [-0.39, 0.29) is 42.1 Å². The summed E-state index contributed by atoms with van der Waals surface area (Å²) in [4.78, 5) is 14.1. The largest absolute Gasteiger partial charge is 0.508 e. The lowest BCUT2D eigenvalue weighted by molar-refractivity contribution is -0.253. The monoisotopic (exact) mass is 585 g/mol. The van der Waals surface area contributed by atoms with Gasteiger partial charge in [-0.15, -0.1) is 0 Å². The normalized spacial score (nSPS) is 26.5. The Morgan fingerprint density at radius 2 is 1.77 bits per heavy atom. The predicted octanol–water partition coefficient (Wildman–Crippen LogP) is 5.16. The molecule has 2 aliphatic carbocycles. The van der Waals surface area contributed by atoms with Crippen LogP contribution in [0.4, 0.5) is 0 Å². The van der Waals surface area contributed by atoms with Crippen LogP contribution in [0.25, 0.3) is 11.1 Å². The Hall–Kier alpha value is -3.49. The maximum absolute atomic E-state index is 14.1. The summed E-state index contributed by atoms with van der Waals surface area (Å²) in [5.74, 6) is -2.29. The van der Waals surface area contributed by atoms with Gasteiger partial charge in [-0.05, 0) is 66.3 Å². The molecule has 0 spiro atoms. The minimum absolute atomic E-state index is 0.0846. The number of methoxy groups -OCH3 is 1. The van der Waals surface area contributed by atoms with Gasteiger partial charge in [-0.25, -0.2) is 0 Å². The molecule has 2 bridgehead atoms. The lowest BCUT2D eigenvalue weighted by atomic mass is 9.58. The molecule has 3 aromatic carbocycles. The van der Waals surface area contributed by atoms with E-state index in [1.54, 1.807) is 18.2 Å². The van der Waals surface area contributed by atoms with Crippen LogP contribution in [0.3, 0.4) is 0 Å². The molecule has 7 heteroatoms. The van der Waals surface area contributed by atoms with E-state index < -0.39 is 22.5 Å². The Balaban J connectivity index is 1.37. The molecular formula is C36H43NO6. The second-order valence-corrected chi connectivity index (χ2v) is 12.7. The summed E-state index contributed by atoms with van der Waals surface area (Å²) in [7, 11) is 3.30. The molecule has 2 saturated carbocycles. The number of aliphatic hydroxyl groups excluding tert-OH is 1. The van der Waals surface area contributed by atoms with E-state index >= 15 is 0 Å². The van der Waals surface area contributed by atoms with E-state index in [0.29, 0.717) is 19.4 Å². The molecule has 0 unspecified atom stereocenters. The summed E-state index contributed by atoms with van der Waals surface area (Å²) in [6.45, 7) is 8.61. The van der Waals surface area contributed by atoms with Gasteiger partial charge in [-0.2, -0.15) is 0 Å². The van der Waals surface area contributed by atoms with E-state index in [2.05, 4.69) is 11.9 Å². The minimum Gasteiger partial charge on any atom is -0.508 e. The number of fused-ring (bicyclic) bond motifs is 2. The van der Waals surface area contributed by atoms with E-state index in [4.69, 9.17) is 4.74 Å². The summed E-state index contributed by atoms with van der Waals surface area (Å²) >= 11 is 0. The second kappa shape index (κ2) is 11.5. The number of nitrogens with one attached hydrogen (secondary N) is 1. The fourth-order valence-corrected chi connectivity index (χ4v) is 7.98. The van der Waals surface area contributed by atoms with Crippen LogP contribution in [0.5, 0.6) is 11.5 Å². The van der Waals surface area contributed by atoms with Crippen LogP contribution in [0.15, 0.2) is 78.9 Å². The SMILES string of the molecule is C=C1[C@@H]2[C@@H](CO)C[C@@](C(=O)CCc3cccc(-c4ccc([C@H](CNC)c5ccc(O)cc5)c(O)c4)c3)(C1(C)C)[C@@]2(O)OC. The van der Waals surface area contributed by atoms with Gasteiger partial charge in [0.15, 0.2) is 5.79 Å². The van der Waals surface area contributed by atoms with Gasteiger partial charge in [0.05, 0.1) is 5.41 Å². The molecular weight excluding hydrogens is 542 g/mol. The third-order valence-electron chi connectivity index (χ3n) is 10.4. The molecule has 0 aromatic heterocycles. The number of ketones is 1. The van der Waals surface area contributed by atoms with Crippen LogP contribution in [0, 0.1) is 22.7 Å². The number of phenols is 2. The fraction of sp³-hybridized carbons (Fsp3) is 0.417. The number of aryl methyl sites for hydroxylation is 1. The summed E-state index contributed by atoms with van der Waals surface area (Å²) in [6.07, 6.45) is 1.04. The number of ether oxygens (including phenoxy) is 1. The maximum atomic E-state index is 14.1. The molecule has 2 fully saturated rings. The van der Waals surface area contributed by atoms with Gasteiger partial charge in [0.25, 0.3) is 0 Å². The number of aromatic hydroxyl groups is 2. The molecule has 5 rings (SSSR count). The average Bonchev–Trinajstić information content (AvgIpc) is 3.35. The van der Waals surface area contributed by atoms with Gasteiger partial charge in [0.2, 0.25) is 0 Å². The summed E-state index contributed by atoms with van der Waals surface area (Å²) in [5.41, 5.74) is 3.39. The Kier molecular flexibility index (Phi) is 8.31. The number of hydrogen-bond donors (Lipinski definition) is 5. The number of aliphatic hydroxyl groups is 2. The highest BCUT2D eigenvalue weighted by Crippen LogP contribution is 2.73. The van der Waals surface area contributed by atoms with Crippen molar-refractivity contribution in [3.05, 3.63) is 95.6 Å². The molecule has 0 heterocycles. The van der Waals surface area contributed by atoms with Crippen LogP contribution >= 0.6 is 0 Å². The van der Waals surface area contributed by atoms with Gasteiger partial charge in [0.1, 0.15) is 17.3 Å². The molecule has 2 aliphatic rings. The summed E-state index contributed by atoms with van der Waals surface area (Å²) in [6, 6.07) is 20.6. The molecule has 7 nitrogen and oxygen atoms in total. The molecule has 228 valence electrons. The van der Waals surface area contributed by atoms with Crippen molar-refractivity contribution in [1.82, 2.24) is 5.32 Å². The Bertz CT molecular complexity index is 1510. The van der Waals surface area contributed by atoms with Crippen molar-refractivity contribution in [1.29, 1.82) is 0 Å². The lowest BCUT2D eigenvalue weighted by Crippen LogP contribution is -2.55. The lowest BCUT2D eigenvalue weighted by Gasteiger charge is -2.46. The Labute approximate surface area is 253 Å². The zero-order valence-corrected chi connectivity index (χ0v) is 25.4. The number of carbonyl (C=O) groups is 1. The van der Waals surface area contributed by atoms with Gasteiger partial charge in [-0.1, -0.05) is 74.5 Å². The van der Waals surface area contributed by atoms with Crippen molar-refractivity contribution in [2.24, 2.45) is 22.7 Å². The quantitative estimate of drug-likeness (QED) is 0.156. The second-order valence-electron chi connectivity index (χ2n) is 12.7. The van der Waals surface area contributed by atoms with Crippen LogP contribution < -0.4 is 5.32 Å². The van der Waals surface area contributed by atoms with Crippen molar-refractivity contribution in [3.8, 4) is 22.6 Å². The van der Waals surface area contributed by atoms with E-state index in [9.17, 15) is 25.2 Å². The highest BCUT2D eigenvalue weighted by Gasteiger charge is 2.79. The molecule has 0 amide bonds. The maximum Gasteiger partial charge on any atom is 0.185 e. The van der Waals surface area contributed by atoms with Crippen molar-refractivity contribution in [3.63, 3.8) is 0 Å². The number of likely N-dealkylation sites (N-methyl/N-ethyl adjacent to an activating group) is 1. The van der Waals surface area contributed by atoms with Crippen LogP contribution in [-0.4, -0.2) is 59.3 Å². The Morgan fingerprint density at radius 3 is 2.40 bits per heavy atom. The smallest absolute Gasteiger partial charge is 0.185 e. The van der Waals surface area contributed by atoms with Crippen molar-refractivity contribution in [2.75, 3.05) is 27.3 Å². The molecule has 5 N–H and O–H groups in total. The number of carbonyl (C=O) groups excluding carboxylic acids is 1. The topological polar surface area (TPSA) is 119 Å². The number of hydrogen-bond acceptors (Lipinski definition) is 7. The number of phenolic OH excluding ortho intramolecular Hbond substituents is 2. The van der Waals surface area contributed by atoms with Crippen LogP contribution in [0.2, 0.25) is 0 Å². The first-order chi connectivity index (χ1) is 20.4.